The molecule has 1 amide bonds. The van der Waals surface area contributed by atoms with Crippen LogP contribution in [-0.2, 0) is 11.3 Å². The van der Waals surface area contributed by atoms with E-state index in [-0.39, 0.29) is 5.91 Å². The van der Waals surface area contributed by atoms with Crippen molar-refractivity contribution in [1.82, 2.24) is 14.6 Å². The molecule has 2 heterocycles. The van der Waals surface area contributed by atoms with Gasteiger partial charge in [-0.2, -0.15) is 5.10 Å². The van der Waals surface area contributed by atoms with E-state index in [9.17, 15) is 4.79 Å². The molecule has 0 saturated heterocycles. The fourth-order valence-corrected chi connectivity index (χ4v) is 3.51. The SMILES string of the molecule is COCc1nn2c(C)c(C(=O)Nc3ccc(Cl)cc3)cnc2c1-c1ccc(OC)cc1. The Hall–Kier alpha value is -3.42. The molecule has 0 aliphatic rings. The van der Waals surface area contributed by atoms with Crippen LogP contribution in [-0.4, -0.2) is 34.7 Å². The van der Waals surface area contributed by atoms with Gasteiger partial charge in [-0.3, -0.25) is 4.79 Å². The summed E-state index contributed by atoms with van der Waals surface area (Å²) in [5, 5.41) is 8.15. The Kier molecular flexibility index (Phi) is 5.88. The molecule has 31 heavy (non-hydrogen) atoms. The number of aryl methyl sites for hydroxylation is 1. The lowest BCUT2D eigenvalue weighted by molar-refractivity contribution is 0.102. The fourth-order valence-electron chi connectivity index (χ4n) is 3.39. The van der Waals surface area contributed by atoms with Gasteiger partial charge in [-0.05, 0) is 48.9 Å². The number of methoxy groups -OCH3 is 2. The van der Waals surface area contributed by atoms with Crippen molar-refractivity contribution in [3.05, 3.63) is 76.7 Å². The third kappa shape index (κ3) is 4.10. The fraction of sp³-hybridized carbons (Fsp3) is 0.174. The van der Waals surface area contributed by atoms with Gasteiger partial charge in [0.1, 0.15) is 5.75 Å². The number of rotatable bonds is 6. The summed E-state index contributed by atoms with van der Waals surface area (Å²) in [4.78, 5) is 17.4. The number of nitrogens with zero attached hydrogens (tertiary/aromatic N) is 3. The number of hydrogen-bond acceptors (Lipinski definition) is 5. The number of anilines is 1. The lowest BCUT2D eigenvalue weighted by Gasteiger charge is -2.09. The van der Waals surface area contributed by atoms with E-state index in [2.05, 4.69) is 15.4 Å². The molecule has 7 nitrogen and oxygen atoms in total. The molecular formula is C23H21ClN4O3. The summed E-state index contributed by atoms with van der Waals surface area (Å²) in [5.74, 6) is 0.489. The Morgan fingerprint density at radius 3 is 2.45 bits per heavy atom. The van der Waals surface area contributed by atoms with Crippen molar-refractivity contribution in [2.24, 2.45) is 0 Å². The highest BCUT2D eigenvalue weighted by atomic mass is 35.5. The van der Waals surface area contributed by atoms with Crippen LogP contribution in [0.4, 0.5) is 5.69 Å². The van der Waals surface area contributed by atoms with E-state index in [0.29, 0.717) is 34.2 Å². The first kappa shape index (κ1) is 20.8. The maximum Gasteiger partial charge on any atom is 0.259 e. The lowest BCUT2D eigenvalue weighted by atomic mass is 10.1. The van der Waals surface area contributed by atoms with Gasteiger partial charge >= 0.3 is 0 Å². The van der Waals surface area contributed by atoms with Gasteiger partial charge in [-0.25, -0.2) is 9.50 Å². The van der Waals surface area contributed by atoms with Crippen LogP contribution in [0.15, 0.2) is 54.7 Å². The molecule has 1 N–H and O–H groups in total. The van der Waals surface area contributed by atoms with Crippen molar-refractivity contribution in [1.29, 1.82) is 0 Å². The molecule has 0 bridgehead atoms. The van der Waals surface area contributed by atoms with Crippen molar-refractivity contribution in [3.63, 3.8) is 0 Å². The Labute approximate surface area is 184 Å². The van der Waals surface area contributed by atoms with Gasteiger partial charge in [0.05, 0.1) is 36.2 Å². The third-order valence-corrected chi connectivity index (χ3v) is 5.22. The number of carbonyl (C=O) groups is 1. The first-order chi connectivity index (χ1) is 15.0. The van der Waals surface area contributed by atoms with Gasteiger partial charge in [-0.1, -0.05) is 23.7 Å². The molecule has 0 fully saturated rings. The monoisotopic (exact) mass is 436 g/mol. The molecule has 2 aromatic heterocycles. The molecule has 0 saturated carbocycles. The number of aromatic nitrogens is 3. The first-order valence-corrected chi connectivity index (χ1v) is 9.97. The Balaban J connectivity index is 1.76. The third-order valence-electron chi connectivity index (χ3n) is 4.96. The largest absolute Gasteiger partial charge is 0.497 e. The molecule has 158 valence electrons. The predicted molar refractivity (Wildman–Crippen MR) is 120 cm³/mol. The molecular weight excluding hydrogens is 416 g/mol. The van der Waals surface area contributed by atoms with Crippen molar-refractivity contribution >= 4 is 28.8 Å². The van der Waals surface area contributed by atoms with Crippen LogP contribution < -0.4 is 10.1 Å². The maximum absolute atomic E-state index is 12.9. The lowest BCUT2D eigenvalue weighted by Crippen LogP contribution is -2.16. The smallest absolute Gasteiger partial charge is 0.259 e. The minimum Gasteiger partial charge on any atom is -0.497 e. The number of ether oxygens (including phenoxy) is 2. The molecule has 0 atom stereocenters. The van der Waals surface area contributed by atoms with Gasteiger partial charge in [0.2, 0.25) is 0 Å². The van der Waals surface area contributed by atoms with Crippen LogP contribution in [0.25, 0.3) is 16.8 Å². The number of amides is 1. The Morgan fingerprint density at radius 1 is 1.10 bits per heavy atom. The average molecular weight is 437 g/mol. The quantitative estimate of drug-likeness (QED) is 0.471. The summed E-state index contributed by atoms with van der Waals surface area (Å²) >= 11 is 5.91. The molecule has 4 aromatic rings. The number of nitrogens with one attached hydrogen (secondary N) is 1. The topological polar surface area (TPSA) is 77.8 Å². The molecule has 0 unspecified atom stereocenters. The van der Waals surface area contributed by atoms with Crippen LogP contribution in [0.1, 0.15) is 21.7 Å². The van der Waals surface area contributed by atoms with E-state index >= 15 is 0 Å². The molecule has 0 aliphatic carbocycles. The van der Waals surface area contributed by atoms with Crippen LogP contribution in [0.2, 0.25) is 5.02 Å². The van der Waals surface area contributed by atoms with E-state index in [1.54, 1.807) is 49.2 Å². The number of carbonyl (C=O) groups excluding carboxylic acids is 1. The number of hydrogen-bond donors (Lipinski definition) is 1. The Morgan fingerprint density at radius 2 is 1.81 bits per heavy atom. The van der Waals surface area contributed by atoms with E-state index < -0.39 is 0 Å². The minimum absolute atomic E-state index is 0.274. The summed E-state index contributed by atoms with van der Waals surface area (Å²) in [5.41, 5.74) is 4.93. The van der Waals surface area contributed by atoms with Gasteiger partial charge in [-0.15, -0.1) is 0 Å². The molecule has 0 radical (unpaired) electrons. The highest BCUT2D eigenvalue weighted by molar-refractivity contribution is 6.30. The van der Waals surface area contributed by atoms with Gasteiger partial charge in [0, 0.05) is 24.0 Å². The first-order valence-electron chi connectivity index (χ1n) is 9.59. The van der Waals surface area contributed by atoms with E-state index in [1.165, 1.54) is 0 Å². The van der Waals surface area contributed by atoms with Crippen molar-refractivity contribution in [2.45, 2.75) is 13.5 Å². The average Bonchev–Trinajstić information content (AvgIpc) is 3.15. The summed E-state index contributed by atoms with van der Waals surface area (Å²) < 4.78 is 12.3. The van der Waals surface area contributed by atoms with Crippen molar-refractivity contribution < 1.29 is 14.3 Å². The normalized spacial score (nSPS) is 11.0. The van der Waals surface area contributed by atoms with Crippen LogP contribution in [0, 0.1) is 6.92 Å². The number of benzene rings is 2. The maximum atomic E-state index is 12.9. The summed E-state index contributed by atoms with van der Waals surface area (Å²) in [7, 11) is 3.25. The van der Waals surface area contributed by atoms with Crippen LogP contribution in [0.3, 0.4) is 0 Å². The second-order valence-corrected chi connectivity index (χ2v) is 7.37. The number of fused-ring (bicyclic) bond motifs is 1. The molecule has 0 spiro atoms. The zero-order valence-electron chi connectivity index (χ0n) is 17.3. The molecule has 0 aliphatic heterocycles. The molecule has 4 rings (SSSR count). The van der Waals surface area contributed by atoms with Gasteiger partial charge < -0.3 is 14.8 Å². The second-order valence-electron chi connectivity index (χ2n) is 6.94. The standard InChI is InChI=1S/C23H21ClN4O3/c1-14-19(23(29)26-17-8-6-16(24)7-9-17)12-25-22-21(20(13-30-2)27-28(14)22)15-4-10-18(31-3)11-5-15/h4-12H,13H2,1-3H3,(H,26,29). The van der Waals surface area contributed by atoms with Gasteiger partial charge in [0.15, 0.2) is 5.65 Å². The van der Waals surface area contributed by atoms with Gasteiger partial charge in [0.25, 0.3) is 5.91 Å². The summed E-state index contributed by atoms with van der Waals surface area (Å²) in [6.07, 6.45) is 1.57. The van der Waals surface area contributed by atoms with E-state index in [1.807, 2.05) is 31.2 Å². The second kappa shape index (κ2) is 8.75. The van der Waals surface area contributed by atoms with Crippen molar-refractivity contribution in [2.75, 3.05) is 19.5 Å². The zero-order chi connectivity index (χ0) is 22.0. The predicted octanol–water partition coefficient (Wildman–Crippen LogP) is 4.77. The van der Waals surface area contributed by atoms with Crippen LogP contribution >= 0.6 is 11.6 Å². The highest BCUT2D eigenvalue weighted by Gasteiger charge is 2.20. The van der Waals surface area contributed by atoms with Crippen LogP contribution in [0.5, 0.6) is 5.75 Å². The molecule has 2 aromatic carbocycles. The highest BCUT2D eigenvalue weighted by Crippen LogP contribution is 2.30. The zero-order valence-corrected chi connectivity index (χ0v) is 18.1. The molecule has 8 heteroatoms. The van der Waals surface area contributed by atoms with E-state index in [4.69, 9.17) is 21.1 Å². The summed E-state index contributed by atoms with van der Waals surface area (Å²) in [6, 6.07) is 14.6. The summed E-state index contributed by atoms with van der Waals surface area (Å²) in [6.45, 7) is 2.16. The number of halogens is 1. The minimum atomic E-state index is -0.274. The van der Waals surface area contributed by atoms with E-state index in [0.717, 1.165) is 22.6 Å². The Bertz CT molecular complexity index is 1230. The van der Waals surface area contributed by atoms with Crippen molar-refractivity contribution in [3.8, 4) is 16.9 Å².